The lowest BCUT2D eigenvalue weighted by Crippen LogP contribution is -1.93. The zero-order chi connectivity index (χ0) is 66.1. The standard InChI is InChI=1S/C89H132S6/c1-7-13-19-25-31-37-43-48-54-68-74-60-62-90-84(74)70(56-50-45-39-33-27-21-15-9-3)76-64-80(92-86(68)76)82-66-78-72(58-52-42-36-30-24-18-12-6)88-79(73(89(78)95-82)59-53-47-41-35-29-23-17-11-5)67-83(94-88)81-65-77-71(57-51-46-40-34-28-22-16-10-4)85-75(61-63-91-85)69(87(77)93-81)55-49-44-38-32-26-20-14-8-2/h60-67H,7-59H2,1-6H3. The van der Waals surface area contributed by atoms with E-state index >= 15 is 0 Å². The average Bonchev–Trinajstić information content (AvgIpc) is 1.59. The van der Waals surface area contributed by atoms with Crippen LogP contribution in [0.3, 0.4) is 0 Å². The molecule has 0 aliphatic heterocycles. The lowest BCUT2D eigenvalue weighted by atomic mass is 9.94. The molecular formula is C89H132S6. The van der Waals surface area contributed by atoms with Crippen LogP contribution in [0, 0.1) is 0 Å². The van der Waals surface area contributed by atoms with Crippen LogP contribution in [0.2, 0.25) is 0 Å². The molecule has 0 radical (unpaired) electrons. The highest BCUT2D eigenvalue weighted by Gasteiger charge is 2.26. The molecule has 0 aliphatic carbocycles. The zero-order valence-corrected chi connectivity index (χ0v) is 66.4. The predicted molar refractivity (Wildman–Crippen MR) is 443 cm³/mol. The number of hydrogen-bond donors (Lipinski definition) is 0. The van der Waals surface area contributed by atoms with Crippen molar-refractivity contribution >= 4 is 129 Å². The molecule has 0 unspecified atom stereocenters. The van der Waals surface area contributed by atoms with Crippen molar-refractivity contribution in [3.8, 4) is 19.5 Å². The van der Waals surface area contributed by atoms with Crippen molar-refractivity contribution in [2.75, 3.05) is 0 Å². The topological polar surface area (TPSA) is 0 Å². The number of thiophene rings is 6. The lowest BCUT2D eigenvalue weighted by Gasteiger charge is -2.12. The summed E-state index contributed by atoms with van der Waals surface area (Å²) in [6.45, 7) is 14.1. The van der Waals surface area contributed by atoms with Gasteiger partial charge < -0.3 is 0 Å². The highest BCUT2D eigenvalue weighted by atomic mass is 32.1. The Kier molecular flexibility index (Phi) is 35.4. The second-order valence-corrected chi connectivity index (χ2v) is 35.6. The highest BCUT2D eigenvalue weighted by molar-refractivity contribution is 7.30. The Labute approximate surface area is 605 Å². The van der Waals surface area contributed by atoms with E-state index in [-0.39, 0.29) is 0 Å². The van der Waals surface area contributed by atoms with E-state index in [4.69, 9.17) is 0 Å². The van der Waals surface area contributed by atoms with Crippen molar-refractivity contribution in [2.24, 2.45) is 0 Å². The molecule has 0 atom stereocenters. The molecule has 0 saturated heterocycles. The number of aryl methyl sites for hydroxylation is 6. The van der Waals surface area contributed by atoms with E-state index in [1.165, 1.54) is 360 Å². The van der Waals surface area contributed by atoms with Gasteiger partial charge in [-0.05, 0) is 190 Å². The largest absolute Gasteiger partial charge is 0.143 e. The average molecular weight is 1390 g/mol. The summed E-state index contributed by atoms with van der Waals surface area (Å²) in [5.74, 6) is 0. The maximum atomic E-state index is 2.78. The van der Waals surface area contributed by atoms with Crippen molar-refractivity contribution in [3.63, 3.8) is 0 Å². The monoisotopic (exact) mass is 1390 g/mol. The third kappa shape index (κ3) is 22.5. The van der Waals surface area contributed by atoms with Gasteiger partial charge in [-0.25, -0.2) is 0 Å². The van der Waals surface area contributed by atoms with Gasteiger partial charge in [0.15, 0.2) is 0 Å². The summed E-state index contributed by atoms with van der Waals surface area (Å²) in [6.07, 6.45) is 71.7. The summed E-state index contributed by atoms with van der Waals surface area (Å²) in [4.78, 5) is 6.14. The summed E-state index contributed by atoms with van der Waals surface area (Å²) in [7, 11) is 0. The smallest absolute Gasteiger partial charge is 0.0455 e. The van der Waals surface area contributed by atoms with Crippen molar-refractivity contribution in [1.29, 1.82) is 0 Å². The van der Waals surface area contributed by atoms with Gasteiger partial charge >= 0.3 is 0 Å². The molecule has 6 heterocycles. The molecule has 524 valence electrons. The van der Waals surface area contributed by atoms with Crippen LogP contribution in [0.5, 0.6) is 0 Å². The van der Waals surface area contributed by atoms with Crippen LogP contribution in [-0.4, -0.2) is 0 Å². The third-order valence-corrected chi connectivity index (χ3v) is 28.9. The first-order valence-electron chi connectivity index (χ1n) is 40.9. The van der Waals surface area contributed by atoms with Gasteiger partial charge in [0.2, 0.25) is 0 Å². The number of hydrogen-bond acceptors (Lipinski definition) is 6. The molecule has 6 aromatic heterocycles. The number of rotatable bonds is 55. The van der Waals surface area contributed by atoms with Gasteiger partial charge in [0.25, 0.3) is 0 Å². The molecule has 0 aliphatic rings. The zero-order valence-electron chi connectivity index (χ0n) is 61.5. The van der Waals surface area contributed by atoms with Gasteiger partial charge in [-0.1, -0.05) is 305 Å². The number of unbranched alkanes of at least 4 members (excludes halogenated alkanes) is 41. The summed E-state index contributed by atoms with van der Waals surface area (Å²) in [5, 5.41) is 14.5. The minimum atomic E-state index is 1.19. The first-order valence-corrected chi connectivity index (χ1v) is 46.0. The highest BCUT2D eigenvalue weighted by Crippen LogP contribution is 2.52. The molecular weight excluding hydrogens is 1260 g/mol. The minimum absolute atomic E-state index is 1.19. The van der Waals surface area contributed by atoms with Crippen molar-refractivity contribution in [1.82, 2.24) is 0 Å². The fourth-order valence-electron chi connectivity index (χ4n) is 16.1. The molecule has 0 nitrogen and oxygen atoms in total. The normalized spacial score (nSPS) is 12.2. The van der Waals surface area contributed by atoms with Crippen LogP contribution < -0.4 is 0 Å². The van der Waals surface area contributed by atoms with Crippen LogP contribution in [-0.2, 0) is 38.5 Å². The molecule has 3 aromatic carbocycles. The Balaban J connectivity index is 1.13. The molecule has 0 bridgehead atoms. The fraction of sp³-hybridized carbons (Fsp3) is 0.663. The number of benzene rings is 3. The summed E-state index contributed by atoms with van der Waals surface area (Å²) in [6, 6.07) is 16.1. The van der Waals surface area contributed by atoms with Gasteiger partial charge in [0, 0.05) is 47.7 Å². The molecule has 0 fully saturated rings. The van der Waals surface area contributed by atoms with E-state index in [0.717, 1.165) is 0 Å². The second kappa shape index (κ2) is 43.9. The van der Waals surface area contributed by atoms with Crippen LogP contribution in [0.15, 0.2) is 47.2 Å². The molecule has 9 rings (SSSR count). The van der Waals surface area contributed by atoms with Crippen molar-refractivity contribution in [3.05, 3.63) is 80.5 Å². The van der Waals surface area contributed by atoms with Gasteiger partial charge in [-0.3, -0.25) is 0 Å². The van der Waals surface area contributed by atoms with E-state index < -0.39 is 0 Å². The van der Waals surface area contributed by atoms with Gasteiger partial charge in [-0.15, -0.1) is 68.0 Å². The van der Waals surface area contributed by atoms with E-state index in [2.05, 4.69) is 134 Å². The van der Waals surface area contributed by atoms with E-state index in [1.807, 2.05) is 22.7 Å². The van der Waals surface area contributed by atoms with Gasteiger partial charge in [0.1, 0.15) is 0 Å². The fourth-order valence-corrected chi connectivity index (χ4v) is 23.3. The minimum Gasteiger partial charge on any atom is -0.143 e. The SMILES string of the molecule is CCCCCCCCCCc1c2cc(-c3cc4c(CCCCCCCCCC)c5sc(-c6cc7c(CCCCCCCCCC)c8sccc8c(CCCCCCCCCC)c7s6)cc5c(CCCCCCCCC)c4s3)sc2c(CCCCCCCCCC)c2ccsc12. The summed E-state index contributed by atoms with van der Waals surface area (Å²) in [5.41, 5.74) is 10.0. The molecule has 0 amide bonds. The molecule has 6 heteroatoms. The van der Waals surface area contributed by atoms with Crippen LogP contribution >= 0.6 is 68.0 Å². The summed E-state index contributed by atoms with van der Waals surface area (Å²) < 4.78 is 9.72. The second-order valence-electron chi connectivity index (χ2n) is 29.6. The van der Waals surface area contributed by atoms with Gasteiger partial charge in [-0.2, -0.15) is 0 Å². The van der Waals surface area contributed by atoms with Gasteiger partial charge in [0.05, 0.1) is 0 Å². The van der Waals surface area contributed by atoms with Crippen molar-refractivity contribution in [2.45, 2.75) is 382 Å². The molecule has 95 heavy (non-hydrogen) atoms. The molecule has 0 spiro atoms. The molecule has 9 aromatic rings. The Bertz CT molecular complexity index is 3200. The predicted octanol–water partition coefficient (Wildman–Crippen LogP) is 34.0. The maximum absolute atomic E-state index is 2.78. The Morgan fingerprint density at radius 3 is 0.558 bits per heavy atom. The first kappa shape index (κ1) is 76.6. The third-order valence-electron chi connectivity index (χ3n) is 21.8. The number of fused-ring (bicyclic) bond motifs is 6. The maximum Gasteiger partial charge on any atom is 0.0455 e. The van der Waals surface area contributed by atoms with Crippen LogP contribution in [0.4, 0.5) is 0 Å². The van der Waals surface area contributed by atoms with E-state index in [0.29, 0.717) is 0 Å². The van der Waals surface area contributed by atoms with E-state index in [9.17, 15) is 0 Å². The quantitative estimate of drug-likeness (QED) is 0.0333. The van der Waals surface area contributed by atoms with Crippen LogP contribution in [0.1, 0.15) is 377 Å². The first-order chi connectivity index (χ1) is 47.0. The van der Waals surface area contributed by atoms with Crippen LogP contribution in [0.25, 0.3) is 80.0 Å². The Hall–Kier alpha value is -2.58. The van der Waals surface area contributed by atoms with Crippen molar-refractivity contribution < 1.29 is 0 Å². The molecule has 0 saturated carbocycles. The lowest BCUT2D eigenvalue weighted by molar-refractivity contribution is 0.576. The summed E-state index contributed by atoms with van der Waals surface area (Å²) >= 11 is 12.9. The van der Waals surface area contributed by atoms with E-state index in [1.54, 1.807) is 93.9 Å². The molecule has 0 N–H and O–H groups in total. The Morgan fingerprint density at radius 2 is 0.358 bits per heavy atom. The Morgan fingerprint density at radius 1 is 0.189 bits per heavy atom.